The van der Waals surface area contributed by atoms with Crippen molar-refractivity contribution in [2.24, 2.45) is 5.92 Å². The average Bonchev–Trinajstić information content (AvgIpc) is 3.32. The van der Waals surface area contributed by atoms with E-state index in [1.807, 2.05) is 24.3 Å². The van der Waals surface area contributed by atoms with Crippen LogP contribution in [0.4, 0.5) is 5.69 Å². The van der Waals surface area contributed by atoms with Crippen LogP contribution in [-0.4, -0.2) is 48.1 Å². The Hall–Kier alpha value is -3.94. The molecule has 1 aromatic heterocycles. The van der Waals surface area contributed by atoms with Crippen LogP contribution in [0.1, 0.15) is 37.8 Å². The number of fused-ring (bicyclic) bond motifs is 1. The van der Waals surface area contributed by atoms with Gasteiger partial charge >= 0.3 is 0 Å². The molecule has 0 spiro atoms. The molecule has 36 heavy (non-hydrogen) atoms. The summed E-state index contributed by atoms with van der Waals surface area (Å²) in [6, 6.07) is 10.0. The molecular weight excluding hydrogens is 458 g/mol. The van der Waals surface area contributed by atoms with Crippen LogP contribution in [0.25, 0.3) is 10.9 Å². The lowest BCUT2D eigenvalue weighted by atomic mass is 9.84. The predicted molar refractivity (Wildman–Crippen MR) is 136 cm³/mol. The van der Waals surface area contributed by atoms with Crippen molar-refractivity contribution >= 4 is 28.4 Å². The summed E-state index contributed by atoms with van der Waals surface area (Å²) < 4.78 is 19.7. The van der Waals surface area contributed by atoms with E-state index in [0.29, 0.717) is 42.0 Å². The van der Waals surface area contributed by atoms with Gasteiger partial charge in [0, 0.05) is 42.4 Å². The molecule has 2 aromatic carbocycles. The molecular formula is C28H29N3O5. The van der Waals surface area contributed by atoms with E-state index in [0.717, 1.165) is 40.0 Å². The lowest BCUT2D eigenvalue weighted by Crippen LogP contribution is -2.33. The smallest absolute Gasteiger partial charge is 0.259 e. The number of rotatable bonds is 4. The van der Waals surface area contributed by atoms with Gasteiger partial charge in [0.1, 0.15) is 13.2 Å². The minimum absolute atomic E-state index is 0.217. The van der Waals surface area contributed by atoms with E-state index >= 15 is 0 Å². The van der Waals surface area contributed by atoms with Crippen LogP contribution < -0.4 is 19.5 Å². The molecule has 8 nitrogen and oxygen atoms in total. The number of nitrogens with zero attached hydrogens (tertiary/aromatic N) is 2. The zero-order chi connectivity index (χ0) is 25.1. The molecule has 0 bridgehead atoms. The number of hydrogen-bond donors (Lipinski definition) is 1. The number of carbonyl (C=O) groups is 2. The minimum Gasteiger partial charge on any atom is -0.493 e. The molecule has 3 aliphatic heterocycles. The van der Waals surface area contributed by atoms with E-state index in [4.69, 9.17) is 14.2 Å². The molecule has 8 heteroatoms. The first-order valence-corrected chi connectivity index (χ1v) is 12.3. The lowest BCUT2D eigenvalue weighted by molar-refractivity contribution is -0.139. The third-order valence-corrected chi connectivity index (χ3v) is 7.06. The van der Waals surface area contributed by atoms with Crippen molar-refractivity contribution in [2.45, 2.75) is 33.2 Å². The van der Waals surface area contributed by atoms with Crippen molar-refractivity contribution in [3.05, 3.63) is 58.9 Å². The second-order valence-electron chi connectivity index (χ2n) is 9.94. The van der Waals surface area contributed by atoms with Gasteiger partial charge in [0.15, 0.2) is 11.5 Å². The zero-order valence-electron chi connectivity index (χ0n) is 20.9. The van der Waals surface area contributed by atoms with Gasteiger partial charge in [-0.25, -0.2) is 0 Å². The van der Waals surface area contributed by atoms with Gasteiger partial charge in [-0.2, -0.15) is 0 Å². The summed E-state index contributed by atoms with van der Waals surface area (Å²) in [5.74, 6) is 1.19. The van der Waals surface area contributed by atoms with Crippen molar-refractivity contribution < 1.29 is 23.8 Å². The maximum absolute atomic E-state index is 13.7. The molecule has 0 fully saturated rings. The summed E-state index contributed by atoms with van der Waals surface area (Å²) in [6.07, 6.45) is 2.16. The number of imide groups is 1. The second-order valence-corrected chi connectivity index (χ2v) is 9.94. The number of hydrogen-bond acceptors (Lipinski definition) is 6. The SMILES string of the molecule is COc1cc(C2C3=C(CN(C(C)=O)C3=O)Nc3cccc4c3c2cn4CC(C)C)cc2c1OCCO2. The van der Waals surface area contributed by atoms with E-state index in [2.05, 4.69) is 36.0 Å². The van der Waals surface area contributed by atoms with Crippen LogP contribution in [0, 0.1) is 5.92 Å². The van der Waals surface area contributed by atoms with E-state index in [1.54, 1.807) is 7.11 Å². The maximum Gasteiger partial charge on any atom is 0.259 e. The number of aromatic nitrogens is 1. The molecule has 0 aliphatic carbocycles. The number of methoxy groups -OCH3 is 1. The van der Waals surface area contributed by atoms with Crippen LogP contribution in [-0.2, 0) is 16.1 Å². The molecule has 1 N–H and O–H groups in total. The number of anilines is 1. The zero-order valence-corrected chi connectivity index (χ0v) is 20.9. The molecule has 3 aliphatic rings. The molecule has 0 radical (unpaired) electrons. The Labute approximate surface area is 209 Å². The summed E-state index contributed by atoms with van der Waals surface area (Å²) in [5.41, 5.74) is 5.22. The second kappa shape index (κ2) is 8.33. The quantitative estimate of drug-likeness (QED) is 0.592. The first-order valence-electron chi connectivity index (χ1n) is 12.3. The third-order valence-electron chi connectivity index (χ3n) is 7.06. The molecule has 2 amide bonds. The van der Waals surface area contributed by atoms with E-state index in [1.165, 1.54) is 11.8 Å². The fourth-order valence-electron chi connectivity index (χ4n) is 5.63. The summed E-state index contributed by atoms with van der Waals surface area (Å²) in [7, 11) is 1.60. The van der Waals surface area contributed by atoms with Gasteiger partial charge in [-0.15, -0.1) is 0 Å². The Morgan fingerprint density at radius 1 is 1.22 bits per heavy atom. The molecule has 1 unspecified atom stereocenters. The fourth-order valence-corrected chi connectivity index (χ4v) is 5.63. The topological polar surface area (TPSA) is 82.0 Å². The van der Waals surface area contributed by atoms with Gasteiger partial charge in [0.05, 0.1) is 24.7 Å². The normalized spacial score (nSPS) is 18.4. The Kier molecular flexibility index (Phi) is 5.21. The molecule has 186 valence electrons. The van der Waals surface area contributed by atoms with Gasteiger partial charge in [-0.1, -0.05) is 19.9 Å². The van der Waals surface area contributed by atoms with E-state index < -0.39 is 5.92 Å². The molecule has 6 rings (SSSR count). The largest absolute Gasteiger partial charge is 0.493 e. The number of amides is 2. The van der Waals surface area contributed by atoms with Gasteiger partial charge in [-0.3, -0.25) is 14.5 Å². The van der Waals surface area contributed by atoms with Crippen molar-refractivity contribution in [1.29, 1.82) is 0 Å². The standard InChI is InChI=1S/C28H29N3O5/c1-15(2)12-30-13-18-24(17-10-22(34-4)27-23(11-17)35-8-9-36-27)26-20(14-31(16(3)32)28(26)33)29-19-6-5-7-21(30)25(18)19/h5-7,10-11,13,15,24,29H,8-9,12,14H2,1-4H3. The Morgan fingerprint density at radius 3 is 2.78 bits per heavy atom. The summed E-state index contributed by atoms with van der Waals surface area (Å²) >= 11 is 0. The van der Waals surface area contributed by atoms with Crippen LogP contribution in [0.15, 0.2) is 47.8 Å². The van der Waals surface area contributed by atoms with Crippen molar-refractivity contribution in [3.63, 3.8) is 0 Å². The van der Waals surface area contributed by atoms with Gasteiger partial charge in [0.2, 0.25) is 11.7 Å². The highest BCUT2D eigenvalue weighted by Gasteiger charge is 2.42. The highest BCUT2D eigenvalue weighted by molar-refractivity contribution is 6.11. The highest BCUT2D eigenvalue weighted by Crippen LogP contribution is 2.50. The molecule has 0 saturated carbocycles. The van der Waals surface area contributed by atoms with Gasteiger partial charge in [-0.05, 0) is 41.3 Å². The van der Waals surface area contributed by atoms with E-state index in [-0.39, 0.29) is 18.4 Å². The number of ether oxygens (including phenoxy) is 3. The fraction of sp³-hybridized carbons (Fsp3) is 0.357. The third kappa shape index (κ3) is 3.35. The maximum atomic E-state index is 13.7. The summed E-state index contributed by atoms with van der Waals surface area (Å²) in [6.45, 7) is 7.75. The van der Waals surface area contributed by atoms with Crippen LogP contribution in [0.2, 0.25) is 0 Å². The predicted octanol–water partition coefficient (Wildman–Crippen LogP) is 4.28. The average molecular weight is 488 g/mol. The molecule has 1 atom stereocenters. The molecule has 4 heterocycles. The lowest BCUT2D eigenvalue weighted by Gasteiger charge is -2.25. The first-order chi connectivity index (χ1) is 17.4. The van der Waals surface area contributed by atoms with Crippen LogP contribution >= 0.6 is 0 Å². The van der Waals surface area contributed by atoms with Crippen LogP contribution in [0.3, 0.4) is 0 Å². The van der Waals surface area contributed by atoms with E-state index in [9.17, 15) is 9.59 Å². The Balaban J connectivity index is 1.63. The van der Waals surface area contributed by atoms with Gasteiger partial charge < -0.3 is 24.1 Å². The van der Waals surface area contributed by atoms with Crippen LogP contribution in [0.5, 0.6) is 17.2 Å². The monoisotopic (exact) mass is 487 g/mol. The molecule has 0 saturated heterocycles. The Morgan fingerprint density at radius 2 is 2.03 bits per heavy atom. The summed E-state index contributed by atoms with van der Waals surface area (Å²) in [5, 5.41) is 4.60. The highest BCUT2D eigenvalue weighted by atomic mass is 16.6. The number of nitrogens with one attached hydrogen (secondary N) is 1. The molecule has 3 aromatic rings. The van der Waals surface area contributed by atoms with Crippen molar-refractivity contribution in [2.75, 3.05) is 32.2 Å². The summed E-state index contributed by atoms with van der Waals surface area (Å²) in [4.78, 5) is 27.4. The first kappa shape index (κ1) is 22.5. The number of carbonyl (C=O) groups excluding carboxylic acids is 2. The van der Waals surface area contributed by atoms with Gasteiger partial charge in [0.25, 0.3) is 5.91 Å². The number of benzene rings is 2. The minimum atomic E-state index is -0.423. The Bertz CT molecular complexity index is 1430. The van der Waals surface area contributed by atoms with Crippen molar-refractivity contribution in [3.8, 4) is 17.2 Å². The van der Waals surface area contributed by atoms with Crippen molar-refractivity contribution in [1.82, 2.24) is 9.47 Å².